The van der Waals surface area contributed by atoms with Crippen LogP contribution >= 0.6 is 11.6 Å². The highest BCUT2D eigenvalue weighted by atomic mass is 35.5. The molecule has 0 aromatic heterocycles. The molecule has 1 rings (SSSR count). The fraction of sp³-hybridized carbons (Fsp3) is 0.222. The van der Waals surface area contributed by atoms with Gasteiger partial charge in [0.1, 0.15) is 6.04 Å². The number of carboxylic acids is 1. The van der Waals surface area contributed by atoms with Gasteiger partial charge in [0.25, 0.3) is 0 Å². The Morgan fingerprint density at radius 2 is 2.31 bits per heavy atom. The third kappa shape index (κ3) is 2.95. The van der Waals surface area contributed by atoms with Crippen LogP contribution in [0, 0.1) is 0 Å². The topological polar surface area (TPSA) is 49.3 Å². The van der Waals surface area contributed by atoms with Crippen molar-refractivity contribution in [2.45, 2.75) is 13.0 Å². The molecule has 1 aromatic rings. The van der Waals surface area contributed by atoms with Crippen LogP contribution in [0.15, 0.2) is 24.3 Å². The Labute approximate surface area is 81.3 Å². The first kappa shape index (κ1) is 9.86. The molecule has 3 nitrogen and oxygen atoms in total. The Bertz CT molecular complexity index is 314. The maximum Gasteiger partial charge on any atom is 0.325 e. The van der Waals surface area contributed by atoms with Gasteiger partial charge in [0, 0.05) is 10.7 Å². The molecular formula is C9H10ClNO2. The monoisotopic (exact) mass is 199 g/mol. The standard InChI is InChI=1S/C9H10ClNO2/c1-6(9(12)13)11-8-4-2-3-7(10)5-8/h2-6,11H,1H3,(H,12,13)/t6-/m1/s1. The minimum atomic E-state index is -0.889. The van der Waals surface area contributed by atoms with Crippen LogP contribution in [0.5, 0.6) is 0 Å². The number of aliphatic carboxylic acids is 1. The van der Waals surface area contributed by atoms with Gasteiger partial charge in [-0.15, -0.1) is 0 Å². The molecule has 0 amide bonds. The molecule has 0 heterocycles. The van der Waals surface area contributed by atoms with E-state index in [9.17, 15) is 4.79 Å². The van der Waals surface area contributed by atoms with Crippen LogP contribution in [-0.4, -0.2) is 17.1 Å². The Balaban J connectivity index is 2.69. The number of halogens is 1. The van der Waals surface area contributed by atoms with Crippen molar-refractivity contribution in [2.24, 2.45) is 0 Å². The van der Waals surface area contributed by atoms with E-state index in [4.69, 9.17) is 16.7 Å². The van der Waals surface area contributed by atoms with E-state index < -0.39 is 12.0 Å². The lowest BCUT2D eigenvalue weighted by molar-refractivity contribution is -0.137. The van der Waals surface area contributed by atoms with Crippen molar-refractivity contribution in [3.05, 3.63) is 29.3 Å². The largest absolute Gasteiger partial charge is 0.480 e. The third-order valence-electron chi connectivity index (χ3n) is 1.58. The van der Waals surface area contributed by atoms with Gasteiger partial charge in [-0.05, 0) is 25.1 Å². The Morgan fingerprint density at radius 3 is 2.85 bits per heavy atom. The molecular weight excluding hydrogens is 190 g/mol. The molecule has 0 aliphatic rings. The van der Waals surface area contributed by atoms with Crippen molar-refractivity contribution in [1.82, 2.24) is 0 Å². The molecule has 13 heavy (non-hydrogen) atoms. The fourth-order valence-electron chi connectivity index (χ4n) is 0.890. The third-order valence-corrected chi connectivity index (χ3v) is 1.81. The molecule has 70 valence electrons. The maximum absolute atomic E-state index is 10.5. The highest BCUT2D eigenvalue weighted by molar-refractivity contribution is 6.30. The summed E-state index contributed by atoms with van der Waals surface area (Å²) in [6.45, 7) is 1.57. The predicted octanol–water partition coefficient (Wildman–Crippen LogP) is 2.22. The second-order valence-corrected chi connectivity index (χ2v) is 3.15. The van der Waals surface area contributed by atoms with E-state index in [2.05, 4.69) is 5.32 Å². The number of rotatable bonds is 3. The van der Waals surface area contributed by atoms with E-state index >= 15 is 0 Å². The average Bonchev–Trinajstić information content (AvgIpc) is 2.04. The van der Waals surface area contributed by atoms with Gasteiger partial charge < -0.3 is 10.4 Å². The first-order valence-corrected chi connectivity index (χ1v) is 4.22. The molecule has 0 aliphatic carbocycles. The van der Waals surface area contributed by atoms with Gasteiger partial charge >= 0.3 is 5.97 Å². The lowest BCUT2D eigenvalue weighted by Gasteiger charge is -2.10. The highest BCUT2D eigenvalue weighted by Gasteiger charge is 2.09. The van der Waals surface area contributed by atoms with Crippen LogP contribution in [-0.2, 0) is 4.79 Å². The van der Waals surface area contributed by atoms with Crippen LogP contribution in [0.3, 0.4) is 0 Å². The summed E-state index contributed by atoms with van der Waals surface area (Å²) in [6, 6.07) is 6.34. The van der Waals surface area contributed by atoms with Gasteiger partial charge in [-0.2, -0.15) is 0 Å². The molecule has 2 N–H and O–H groups in total. The van der Waals surface area contributed by atoms with Crippen molar-refractivity contribution < 1.29 is 9.90 Å². The number of anilines is 1. The zero-order valence-electron chi connectivity index (χ0n) is 7.12. The first-order chi connectivity index (χ1) is 6.09. The summed E-state index contributed by atoms with van der Waals surface area (Å²) in [5.74, 6) is -0.889. The Kier molecular flexibility index (Phi) is 3.14. The van der Waals surface area contributed by atoms with Crippen molar-refractivity contribution in [3.63, 3.8) is 0 Å². The van der Waals surface area contributed by atoms with Crippen molar-refractivity contribution in [3.8, 4) is 0 Å². The number of nitrogens with one attached hydrogen (secondary N) is 1. The van der Waals surface area contributed by atoms with Crippen LogP contribution in [0.4, 0.5) is 5.69 Å². The minimum absolute atomic E-state index is 0.586. The second kappa shape index (κ2) is 4.14. The predicted molar refractivity (Wildman–Crippen MR) is 52.2 cm³/mol. The van der Waals surface area contributed by atoms with Crippen LogP contribution < -0.4 is 5.32 Å². The molecule has 0 aliphatic heterocycles. The zero-order chi connectivity index (χ0) is 9.84. The normalized spacial score (nSPS) is 12.2. The molecule has 1 aromatic carbocycles. The maximum atomic E-state index is 10.5. The Hall–Kier alpha value is -1.22. The molecule has 0 bridgehead atoms. The summed E-state index contributed by atoms with van der Waals surface area (Å²) in [5, 5.41) is 12.0. The number of benzene rings is 1. The van der Waals surface area contributed by atoms with Gasteiger partial charge in [-0.25, -0.2) is 0 Å². The minimum Gasteiger partial charge on any atom is -0.480 e. The van der Waals surface area contributed by atoms with Crippen molar-refractivity contribution in [2.75, 3.05) is 5.32 Å². The lowest BCUT2D eigenvalue weighted by atomic mass is 10.2. The van der Waals surface area contributed by atoms with E-state index in [1.54, 1.807) is 31.2 Å². The van der Waals surface area contributed by atoms with Crippen LogP contribution in [0.25, 0.3) is 0 Å². The summed E-state index contributed by atoms with van der Waals surface area (Å²) in [6.07, 6.45) is 0. The fourth-order valence-corrected chi connectivity index (χ4v) is 1.08. The molecule has 0 unspecified atom stereocenters. The summed E-state index contributed by atoms with van der Waals surface area (Å²) in [5.41, 5.74) is 0.711. The van der Waals surface area contributed by atoms with Gasteiger partial charge in [0.2, 0.25) is 0 Å². The molecule has 0 spiro atoms. The summed E-state index contributed by atoms with van der Waals surface area (Å²) < 4.78 is 0. The summed E-state index contributed by atoms with van der Waals surface area (Å²) in [4.78, 5) is 10.5. The second-order valence-electron chi connectivity index (χ2n) is 2.71. The molecule has 0 saturated heterocycles. The van der Waals surface area contributed by atoms with Gasteiger partial charge in [0.05, 0.1) is 0 Å². The average molecular weight is 200 g/mol. The molecule has 4 heteroatoms. The highest BCUT2D eigenvalue weighted by Crippen LogP contribution is 2.15. The lowest BCUT2D eigenvalue weighted by Crippen LogP contribution is -2.25. The number of hydrogen-bond acceptors (Lipinski definition) is 2. The number of carbonyl (C=O) groups is 1. The number of carboxylic acid groups (broad SMARTS) is 1. The quantitative estimate of drug-likeness (QED) is 0.785. The van der Waals surface area contributed by atoms with Crippen molar-refractivity contribution in [1.29, 1.82) is 0 Å². The van der Waals surface area contributed by atoms with E-state index in [1.165, 1.54) is 0 Å². The van der Waals surface area contributed by atoms with E-state index in [0.717, 1.165) is 0 Å². The van der Waals surface area contributed by atoms with Gasteiger partial charge in [-0.1, -0.05) is 17.7 Å². The first-order valence-electron chi connectivity index (χ1n) is 3.84. The van der Waals surface area contributed by atoms with Crippen molar-refractivity contribution >= 4 is 23.3 Å². The van der Waals surface area contributed by atoms with Crippen LogP contribution in [0.1, 0.15) is 6.92 Å². The zero-order valence-corrected chi connectivity index (χ0v) is 7.88. The molecule has 0 radical (unpaired) electrons. The van der Waals surface area contributed by atoms with E-state index in [-0.39, 0.29) is 0 Å². The van der Waals surface area contributed by atoms with E-state index in [0.29, 0.717) is 10.7 Å². The SMILES string of the molecule is C[C@@H](Nc1cccc(Cl)c1)C(=O)O. The smallest absolute Gasteiger partial charge is 0.325 e. The summed E-state index contributed by atoms with van der Waals surface area (Å²) >= 11 is 5.72. The molecule has 0 fully saturated rings. The molecule has 0 saturated carbocycles. The summed E-state index contributed by atoms with van der Waals surface area (Å²) in [7, 11) is 0. The Morgan fingerprint density at radius 1 is 1.62 bits per heavy atom. The van der Waals surface area contributed by atoms with Gasteiger partial charge in [-0.3, -0.25) is 4.79 Å². The number of hydrogen-bond donors (Lipinski definition) is 2. The molecule has 1 atom stereocenters. The van der Waals surface area contributed by atoms with E-state index in [1.807, 2.05) is 0 Å². The van der Waals surface area contributed by atoms with Gasteiger partial charge in [0.15, 0.2) is 0 Å². The van der Waals surface area contributed by atoms with Crippen LogP contribution in [0.2, 0.25) is 5.02 Å².